The Morgan fingerprint density at radius 2 is 2.10 bits per heavy atom. The smallest absolute Gasteiger partial charge is 0.550 e. The van der Waals surface area contributed by atoms with Crippen LogP contribution in [0.2, 0.25) is 0 Å². The number of carbonyl (C=O) groups excluding carboxylic acids is 1. The summed E-state index contributed by atoms with van der Waals surface area (Å²) in [6, 6.07) is 9.60. The summed E-state index contributed by atoms with van der Waals surface area (Å²) in [5.41, 5.74) is 3.68. The molecule has 0 bridgehead atoms. The van der Waals surface area contributed by atoms with E-state index in [2.05, 4.69) is 15.8 Å². The number of unbranched alkanes of at least 4 members (excludes halogenated alkanes) is 1. The Morgan fingerprint density at radius 1 is 1.34 bits per heavy atom. The van der Waals surface area contributed by atoms with E-state index >= 15 is 0 Å². The number of carboxylic acids is 1. The van der Waals surface area contributed by atoms with Gasteiger partial charge in [-0.25, -0.2) is 0 Å². The molecule has 0 aliphatic carbocycles. The van der Waals surface area contributed by atoms with Gasteiger partial charge in [0.05, 0.1) is 12.8 Å². The van der Waals surface area contributed by atoms with Gasteiger partial charge in [-0.05, 0) is 57.0 Å². The molecule has 2 rings (SSSR count). The van der Waals surface area contributed by atoms with Crippen LogP contribution in [-0.4, -0.2) is 36.3 Å². The molecule has 1 aromatic carbocycles. The molecule has 2 N–H and O–H groups in total. The van der Waals surface area contributed by atoms with Gasteiger partial charge < -0.3 is 24.7 Å². The molecule has 152 valence electrons. The number of hydrogen-bond acceptors (Lipinski definition) is 6. The van der Waals surface area contributed by atoms with Gasteiger partial charge in [0.1, 0.15) is 6.10 Å². The summed E-state index contributed by atoms with van der Waals surface area (Å²) in [6.07, 6.45) is 7.32. The maximum atomic E-state index is 10.4. The number of carboxylic acid groups (broad SMARTS) is 1. The fraction of sp³-hybridized carbons (Fsp3) is 0.450. The molecule has 1 aromatic rings. The van der Waals surface area contributed by atoms with Gasteiger partial charge in [0.15, 0.2) is 11.4 Å². The third-order valence-electron chi connectivity index (χ3n) is 4.13. The molecule has 7 nitrogen and oxygen atoms in total. The number of thiocarbonyl (C=S) groups is 1. The Kier molecular flexibility index (Phi) is 13.0. The molecule has 0 unspecified atom stereocenters. The number of hydrogen-bond donors (Lipinski definition) is 2. The molecule has 1 fully saturated rings. The third kappa shape index (κ3) is 10.9. The predicted molar refractivity (Wildman–Crippen MR) is 111 cm³/mol. The Labute approximate surface area is 199 Å². The average Bonchev–Trinajstić information content (AvgIpc) is 2.66. The summed E-state index contributed by atoms with van der Waals surface area (Å²) in [6.45, 7) is 2.41. The van der Waals surface area contributed by atoms with Gasteiger partial charge in [0.25, 0.3) is 0 Å². The number of carbonyl (C=O) groups is 1. The minimum absolute atomic E-state index is 0. The van der Waals surface area contributed by atoms with E-state index in [1.165, 1.54) is 0 Å². The standard InChI is InChI=1S/C20H27N3O4S.Na/c1-15-26-14-16(9-5-2-3-8-12-19(24)25)18(27-15)13-21-23-20(28)22-17-10-6-4-7-11-17;/h2,4-7,10-11,13,15-16,18H,3,8-9,12,14H2,1H3,(H,24,25)(H2,22,23,28);/q;+1/p-1/b5-2-,21-13?;/t15-,16+,18+;/m1./s1. The quantitative estimate of drug-likeness (QED) is 0.133. The first-order chi connectivity index (χ1) is 13.5. The van der Waals surface area contributed by atoms with Crippen LogP contribution < -0.4 is 45.4 Å². The molecule has 1 saturated heterocycles. The molecule has 1 aliphatic rings. The van der Waals surface area contributed by atoms with E-state index in [9.17, 15) is 9.90 Å². The summed E-state index contributed by atoms with van der Waals surface area (Å²) >= 11 is 5.23. The van der Waals surface area contributed by atoms with Crippen molar-refractivity contribution in [1.82, 2.24) is 5.43 Å². The second-order valence-electron chi connectivity index (χ2n) is 6.44. The van der Waals surface area contributed by atoms with Crippen LogP contribution in [0.5, 0.6) is 0 Å². The number of ether oxygens (including phenoxy) is 2. The van der Waals surface area contributed by atoms with Gasteiger partial charge in [0, 0.05) is 17.6 Å². The van der Waals surface area contributed by atoms with Crippen molar-refractivity contribution in [2.24, 2.45) is 11.0 Å². The second kappa shape index (κ2) is 14.7. The van der Waals surface area contributed by atoms with Crippen LogP contribution in [0.25, 0.3) is 0 Å². The van der Waals surface area contributed by atoms with Crippen molar-refractivity contribution in [2.75, 3.05) is 11.9 Å². The Hall–Kier alpha value is -1.29. The molecule has 29 heavy (non-hydrogen) atoms. The number of para-hydroxylation sites is 1. The van der Waals surface area contributed by atoms with Crippen LogP contribution in [0.15, 0.2) is 47.6 Å². The summed E-state index contributed by atoms with van der Waals surface area (Å²) in [5.74, 6) is -0.894. The summed E-state index contributed by atoms with van der Waals surface area (Å²) in [7, 11) is 0. The number of aliphatic carboxylic acids is 1. The second-order valence-corrected chi connectivity index (χ2v) is 6.85. The number of hydrazone groups is 1. The monoisotopic (exact) mass is 427 g/mol. The van der Waals surface area contributed by atoms with E-state index in [1.54, 1.807) is 6.21 Å². The van der Waals surface area contributed by atoms with Gasteiger partial charge >= 0.3 is 29.6 Å². The van der Waals surface area contributed by atoms with Crippen molar-refractivity contribution >= 4 is 35.2 Å². The third-order valence-corrected chi connectivity index (χ3v) is 4.33. The first-order valence-electron chi connectivity index (χ1n) is 9.31. The maximum Gasteiger partial charge on any atom is 1.00 e. The molecule has 1 aliphatic heterocycles. The van der Waals surface area contributed by atoms with Crippen molar-refractivity contribution in [3.05, 3.63) is 42.5 Å². The van der Waals surface area contributed by atoms with Gasteiger partial charge in [-0.1, -0.05) is 30.4 Å². The van der Waals surface area contributed by atoms with Crippen LogP contribution in [0.1, 0.15) is 32.6 Å². The molecule has 0 spiro atoms. The first kappa shape index (κ1) is 25.7. The number of rotatable bonds is 9. The first-order valence-corrected chi connectivity index (χ1v) is 9.72. The van der Waals surface area contributed by atoms with Gasteiger partial charge in [0.2, 0.25) is 0 Å². The number of nitrogens with zero attached hydrogens (tertiary/aromatic N) is 1. The van der Waals surface area contributed by atoms with E-state index in [4.69, 9.17) is 21.7 Å². The van der Waals surface area contributed by atoms with Gasteiger partial charge in [-0.3, -0.25) is 5.43 Å². The molecule has 9 heteroatoms. The van der Waals surface area contributed by atoms with Crippen LogP contribution in [0, 0.1) is 5.92 Å². The van der Waals surface area contributed by atoms with Gasteiger partial charge in [-0.2, -0.15) is 5.10 Å². The molecular formula is C20H26N3NaO4S. The van der Waals surface area contributed by atoms with Crippen LogP contribution in [0.4, 0.5) is 5.69 Å². The van der Waals surface area contributed by atoms with Crippen LogP contribution in [-0.2, 0) is 14.3 Å². The molecule has 0 amide bonds. The fourth-order valence-electron chi connectivity index (χ4n) is 2.69. The minimum atomic E-state index is -1.01. The largest absolute Gasteiger partial charge is 1.00 e. The minimum Gasteiger partial charge on any atom is -0.550 e. The Bertz CT molecular complexity index is 688. The SMILES string of the molecule is C[C@@H]1OC[C@H](C/C=C\CCCC(=O)[O-])[C@H](C=NNC(=S)Nc2ccccc2)O1.[Na+]. The van der Waals surface area contributed by atoms with E-state index in [1.807, 2.05) is 49.4 Å². The zero-order chi connectivity index (χ0) is 20.2. The molecule has 1 heterocycles. The van der Waals surface area contributed by atoms with E-state index in [0.717, 1.165) is 12.1 Å². The van der Waals surface area contributed by atoms with Crippen molar-refractivity contribution in [2.45, 2.75) is 45.0 Å². The number of nitrogens with one attached hydrogen (secondary N) is 2. The number of benzene rings is 1. The molecular weight excluding hydrogens is 401 g/mol. The fourth-order valence-corrected chi connectivity index (χ4v) is 2.86. The summed E-state index contributed by atoms with van der Waals surface area (Å²) in [5, 5.41) is 18.0. The molecule has 3 atom stereocenters. The summed E-state index contributed by atoms with van der Waals surface area (Å²) in [4.78, 5) is 10.4. The topological polar surface area (TPSA) is 95.0 Å². The Morgan fingerprint density at radius 3 is 2.83 bits per heavy atom. The Balaban J connectivity index is 0.00000420. The van der Waals surface area contributed by atoms with E-state index in [0.29, 0.717) is 24.6 Å². The number of allylic oxidation sites excluding steroid dienone is 2. The van der Waals surface area contributed by atoms with Crippen molar-refractivity contribution < 1.29 is 48.9 Å². The van der Waals surface area contributed by atoms with E-state index in [-0.39, 0.29) is 54.3 Å². The van der Waals surface area contributed by atoms with Crippen LogP contribution in [0.3, 0.4) is 0 Å². The average molecular weight is 428 g/mol. The zero-order valence-corrected chi connectivity index (χ0v) is 19.7. The number of anilines is 1. The van der Waals surface area contributed by atoms with Crippen molar-refractivity contribution in [1.29, 1.82) is 0 Å². The summed E-state index contributed by atoms with van der Waals surface area (Å²) < 4.78 is 11.4. The normalized spacial score (nSPS) is 21.6. The predicted octanol–water partition coefficient (Wildman–Crippen LogP) is -0.793. The zero-order valence-electron chi connectivity index (χ0n) is 16.9. The molecule has 0 saturated carbocycles. The van der Waals surface area contributed by atoms with E-state index < -0.39 is 5.97 Å². The van der Waals surface area contributed by atoms with Crippen molar-refractivity contribution in [3.8, 4) is 0 Å². The molecule has 0 aromatic heterocycles. The maximum absolute atomic E-state index is 10.4. The van der Waals surface area contributed by atoms with Gasteiger partial charge in [-0.15, -0.1) is 0 Å². The van der Waals surface area contributed by atoms with Crippen molar-refractivity contribution in [3.63, 3.8) is 0 Å². The molecule has 0 radical (unpaired) electrons. The van der Waals surface area contributed by atoms with Crippen LogP contribution >= 0.6 is 12.2 Å².